The molecule has 7 aromatic carbocycles. The van der Waals surface area contributed by atoms with Crippen LogP contribution in [0.1, 0.15) is 33.4 Å². The van der Waals surface area contributed by atoms with E-state index in [4.69, 9.17) is 9.47 Å². The summed E-state index contributed by atoms with van der Waals surface area (Å²) >= 11 is 0. The molecule has 0 heterocycles. The molecular formula is C48H46N4O2. The molecule has 6 heteroatoms. The van der Waals surface area contributed by atoms with E-state index in [2.05, 4.69) is 182 Å². The Kier molecular flexibility index (Phi) is 11.1. The second-order valence-electron chi connectivity index (χ2n) is 13.7. The molecule has 54 heavy (non-hydrogen) atoms. The molecular weight excluding hydrogens is 665 g/mol. The molecule has 270 valence electrons. The molecule has 0 saturated heterocycles. The Morgan fingerprint density at radius 3 is 0.944 bits per heavy atom. The standard InChI is InChI=1S/C48H46N4O2/c1-33-11-23-39(24-12-33)49-43-7-5-9-45(47(43)51-41-27-15-35(3)16-28-41)53-31-37-19-21-38(22-20-37)32-54-46-10-6-8-44(50-40-25-13-34(2)14-26-40)48(46)52-42-29-17-36(4)18-30-42/h5-30,49-52H,31-32H2,1-4H3. The fraction of sp³-hybridized carbons (Fsp3) is 0.125. The van der Waals surface area contributed by atoms with Gasteiger partial charge in [-0.25, -0.2) is 0 Å². The molecule has 0 spiro atoms. The SMILES string of the molecule is Cc1ccc(Nc2cccc(OCc3ccc(COc4cccc(Nc5ccc(C)cc5)c4Nc4ccc(C)cc4)cc3)c2Nc2ccc(C)cc2)cc1. The molecule has 7 rings (SSSR count). The van der Waals surface area contributed by atoms with E-state index in [-0.39, 0.29) is 0 Å². The van der Waals surface area contributed by atoms with Gasteiger partial charge >= 0.3 is 0 Å². The van der Waals surface area contributed by atoms with E-state index in [0.717, 1.165) is 68.1 Å². The topological polar surface area (TPSA) is 66.6 Å². The highest BCUT2D eigenvalue weighted by atomic mass is 16.5. The van der Waals surface area contributed by atoms with Gasteiger partial charge in [-0.15, -0.1) is 0 Å². The van der Waals surface area contributed by atoms with Crippen LogP contribution in [0.3, 0.4) is 0 Å². The number of anilines is 8. The number of nitrogens with one attached hydrogen (secondary N) is 4. The first kappa shape index (κ1) is 35.7. The van der Waals surface area contributed by atoms with Gasteiger partial charge in [0, 0.05) is 22.7 Å². The van der Waals surface area contributed by atoms with Gasteiger partial charge in [0.15, 0.2) is 0 Å². The highest BCUT2D eigenvalue weighted by Crippen LogP contribution is 2.39. The zero-order chi connectivity index (χ0) is 37.3. The van der Waals surface area contributed by atoms with Crippen LogP contribution in [-0.4, -0.2) is 0 Å². The lowest BCUT2D eigenvalue weighted by Gasteiger charge is -2.19. The van der Waals surface area contributed by atoms with Gasteiger partial charge in [0.1, 0.15) is 36.1 Å². The van der Waals surface area contributed by atoms with E-state index in [1.807, 2.05) is 24.3 Å². The minimum atomic E-state index is 0.412. The van der Waals surface area contributed by atoms with Crippen LogP contribution in [0.4, 0.5) is 45.5 Å². The van der Waals surface area contributed by atoms with Crippen molar-refractivity contribution in [2.75, 3.05) is 21.3 Å². The minimum Gasteiger partial charge on any atom is -0.487 e. The predicted octanol–water partition coefficient (Wildman–Crippen LogP) is 13.1. The zero-order valence-corrected chi connectivity index (χ0v) is 31.2. The van der Waals surface area contributed by atoms with Crippen LogP contribution in [0.15, 0.2) is 158 Å². The van der Waals surface area contributed by atoms with Crippen molar-refractivity contribution in [1.29, 1.82) is 0 Å². The predicted molar refractivity (Wildman–Crippen MR) is 226 cm³/mol. The van der Waals surface area contributed by atoms with Crippen LogP contribution in [0, 0.1) is 27.7 Å². The molecule has 0 atom stereocenters. The quantitative estimate of drug-likeness (QED) is 0.0901. The second kappa shape index (κ2) is 16.8. The number of rotatable bonds is 14. The molecule has 0 fully saturated rings. The first-order valence-electron chi connectivity index (χ1n) is 18.3. The van der Waals surface area contributed by atoms with Crippen molar-refractivity contribution >= 4 is 45.5 Å². The van der Waals surface area contributed by atoms with Gasteiger partial charge < -0.3 is 30.7 Å². The van der Waals surface area contributed by atoms with Gasteiger partial charge in [-0.3, -0.25) is 0 Å². The third-order valence-corrected chi connectivity index (χ3v) is 9.17. The van der Waals surface area contributed by atoms with Crippen molar-refractivity contribution < 1.29 is 9.47 Å². The van der Waals surface area contributed by atoms with Gasteiger partial charge in [-0.05, 0) is 112 Å². The number of aryl methyl sites for hydroxylation is 4. The molecule has 0 aliphatic heterocycles. The molecule has 6 nitrogen and oxygen atoms in total. The molecule has 0 aromatic heterocycles. The normalized spacial score (nSPS) is 10.7. The molecule has 4 N–H and O–H groups in total. The molecule has 0 aliphatic carbocycles. The minimum absolute atomic E-state index is 0.412. The van der Waals surface area contributed by atoms with E-state index < -0.39 is 0 Å². The zero-order valence-electron chi connectivity index (χ0n) is 31.2. The molecule has 0 saturated carbocycles. The first-order valence-corrected chi connectivity index (χ1v) is 18.3. The maximum atomic E-state index is 6.48. The van der Waals surface area contributed by atoms with Crippen LogP contribution in [0.5, 0.6) is 11.5 Å². The molecule has 0 aliphatic rings. The van der Waals surface area contributed by atoms with Gasteiger partial charge in [0.2, 0.25) is 0 Å². The van der Waals surface area contributed by atoms with Gasteiger partial charge in [0.25, 0.3) is 0 Å². The molecule has 0 unspecified atom stereocenters. The Balaban J connectivity index is 1.06. The summed E-state index contributed by atoms with van der Waals surface area (Å²) in [6.07, 6.45) is 0. The second-order valence-corrected chi connectivity index (χ2v) is 13.7. The summed E-state index contributed by atoms with van der Waals surface area (Å²) in [5.74, 6) is 1.51. The first-order chi connectivity index (χ1) is 26.3. The average Bonchev–Trinajstić information content (AvgIpc) is 3.19. The van der Waals surface area contributed by atoms with Crippen LogP contribution in [-0.2, 0) is 13.2 Å². The smallest absolute Gasteiger partial charge is 0.145 e. The van der Waals surface area contributed by atoms with Crippen molar-refractivity contribution in [3.8, 4) is 11.5 Å². The maximum absolute atomic E-state index is 6.48. The Morgan fingerprint density at radius 1 is 0.333 bits per heavy atom. The average molecular weight is 711 g/mol. The van der Waals surface area contributed by atoms with Crippen LogP contribution < -0.4 is 30.7 Å². The Labute approximate surface area is 318 Å². The number of para-hydroxylation sites is 2. The van der Waals surface area contributed by atoms with E-state index in [1.165, 1.54) is 22.3 Å². The summed E-state index contributed by atoms with van der Waals surface area (Å²) in [4.78, 5) is 0. The number of ether oxygens (including phenoxy) is 2. The van der Waals surface area contributed by atoms with E-state index in [1.54, 1.807) is 0 Å². The number of benzene rings is 7. The fourth-order valence-electron chi connectivity index (χ4n) is 5.97. The summed E-state index contributed by atoms with van der Waals surface area (Å²) in [6.45, 7) is 9.18. The summed E-state index contributed by atoms with van der Waals surface area (Å²) in [5.41, 5.74) is 14.6. The summed E-state index contributed by atoms with van der Waals surface area (Å²) in [7, 11) is 0. The summed E-state index contributed by atoms with van der Waals surface area (Å²) in [6, 6.07) is 54.1. The maximum Gasteiger partial charge on any atom is 0.145 e. The highest BCUT2D eigenvalue weighted by molar-refractivity contribution is 5.84. The third-order valence-electron chi connectivity index (χ3n) is 9.17. The molecule has 7 aromatic rings. The molecule has 0 radical (unpaired) electrons. The van der Waals surface area contributed by atoms with Crippen molar-refractivity contribution in [3.05, 3.63) is 191 Å². The van der Waals surface area contributed by atoms with Crippen LogP contribution in [0.25, 0.3) is 0 Å². The Bertz CT molecular complexity index is 2120. The van der Waals surface area contributed by atoms with Gasteiger partial charge in [0.05, 0.1) is 11.4 Å². The highest BCUT2D eigenvalue weighted by Gasteiger charge is 2.14. The van der Waals surface area contributed by atoms with Crippen LogP contribution in [0.2, 0.25) is 0 Å². The lowest BCUT2D eigenvalue weighted by atomic mass is 10.1. The van der Waals surface area contributed by atoms with E-state index >= 15 is 0 Å². The summed E-state index contributed by atoms with van der Waals surface area (Å²) < 4.78 is 13.0. The number of hydrogen-bond acceptors (Lipinski definition) is 6. The van der Waals surface area contributed by atoms with Crippen molar-refractivity contribution in [3.63, 3.8) is 0 Å². The number of hydrogen-bond donors (Lipinski definition) is 4. The van der Waals surface area contributed by atoms with Gasteiger partial charge in [-0.1, -0.05) is 107 Å². The Morgan fingerprint density at radius 2 is 0.630 bits per heavy atom. The van der Waals surface area contributed by atoms with Gasteiger partial charge in [-0.2, -0.15) is 0 Å². The molecule has 0 amide bonds. The van der Waals surface area contributed by atoms with Crippen molar-refractivity contribution in [2.45, 2.75) is 40.9 Å². The van der Waals surface area contributed by atoms with Crippen LogP contribution >= 0.6 is 0 Å². The fourth-order valence-corrected chi connectivity index (χ4v) is 5.97. The van der Waals surface area contributed by atoms with Crippen molar-refractivity contribution in [1.82, 2.24) is 0 Å². The van der Waals surface area contributed by atoms with E-state index in [9.17, 15) is 0 Å². The van der Waals surface area contributed by atoms with E-state index in [0.29, 0.717) is 13.2 Å². The third kappa shape index (κ3) is 9.41. The monoisotopic (exact) mass is 710 g/mol. The summed E-state index contributed by atoms with van der Waals surface area (Å²) in [5, 5.41) is 14.4. The lowest BCUT2D eigenvalue weighted by Crippen LogP contribution is -2.04. The molecule has 0 bridgehead atoms. The lowest BCUT2D eigenvalue weighted by molar-refractivity contribution is 0.304. The Hall–Kier alpha value is -6.66. The van der Waals surface area contributed by atoms with Crippen molar-refractivity contribution in [2.24, 2.45) is 0 Å². The largest absolute Gasteiger partial charge is 0.487 e.